The largest absolute Gasteiger partial charge is 0.310 e. The Morgan fingerprint density at radius 2 is 1.93 bits per heavy atom. The van der Waals surface area contributed by atoms with Crippen LogP contribution >= 0.6 is 22.9 Å². The van der Waals surface area contributed by atoms with Crippen LogP contribution in [0.4, 0.5) is 10.9 Å². The summed E-state index contributed by atoms with van der Waals surface area (Å²) < 4.78 is 1.04. The van der Waals surface area contributed by atoms with Crippen LogP contribution < -0.4 is 10.6 Å². The second-order valence-electron chi connectivity index (χ2n) is 7.31. The first-order valence-corrected chi connectivity index (χ1v) is 11.0. The predicted molar refractivity (Wildman–Crippen MR) is 120 cm³/mol. The van der Waals surface area contributed by atoms with Crippen molar-refractivity contribution in [3.05, 3.63) is 47.6 Å². The Kier molecular flexibility index (Phi) is 6.26. The number of nitrogens with zero attached hydrogens (tertiary/aromatic N) is 3. The normalized spacial score (nSPS) is 16.3. The van der Waals surface area contributed by atoms with Crippen molar-refractivity contribution in [3.8, 4) is 0 Å². The van der Waals surface area contributed by atoms with Crippen molar-refractivity contribution in [2.75, 3.05) is 23.7 Å². The van der Waals surface area contributed by atoms with Gasteiger partial charge in [0.2, 0.25) is 11.8 Å². The Morgan fingerprint density at radius 3 is 2.63 bits per heavy atom. The van der Waals surface area contributed by atoms with Crippen LogP contribution in [0.3, 0.4) is 0 Å². The standard InChI is InChI=1S/C21H22ClN5O2S/c1-13(19(28)26-21-24-16-4-2-3-5-17(16)30-21)27-10-8-14(9-11-27)20(29)25-18-7-6-15(22)12-23-18/h2-7,12-14H,8-11H2,1H3,(H,23,25,29)(H,24,26,28). The summed E-state index contributed by atoms with van der Waals surface area (Å²) in [6, 6.07) is 10.9. The minimum absolute atomic E-state index is 0.0453. The average molecular weight is 444 g/mol. The molecular formula is C21H22ClN5O2S. The summed E-state index contributed by atoms with van der Waals surface area (Å²) in [4.78, 5) is 35.9. The molecule has 0 saturated carbocycles. The summed E-state index contributed by atoms with van der Waals surface area (Å²) in [6.45, 7) is 3.25. The molecule has 0 spiro atoms. The van der Waals surface area contributed by atoms with Crippen molar-refractivity contribution in [1.29, 1.82) is 0 Å². The van der Waals surface area contributed by atoms with Gasteiger partial charge in [0.25, 0.3) is 0 Å². The molecule has 1 fully saturated rings. The van der Waals surface area contributed by atoms with Gasteiger partial charge in [-0.25, -0.2) is 9.97 Å². The highest BCUT2D eigenvalue weighted by Gasteiger charge is 2.30. The Morgan fingerprint density at radius 1 is 1.17 bits per heavy atom. The lowest BCUT2D eigenvalue weighted by Gasteiger charge is -2.34. The highest BCUT2D eigenvalue weighted by molar-refractivity contribution is 7.22. The van der Waals surface area contributed by atoms with Crippen molar-refractivity contribution in [2.45, 2.75) is 25.8 Å². The number of hydrogen-bond donors (Lipinski definition) is 2. The summed E-state index contributed by atoms with van der Waals surface area (Å²) in [6.07, 6.45) is 2.89. The molecule has 1 aliphatic rings. The Bertz CT molecular complexity index is 1010. The first kappa shape index (κ1) is 20.7. The van der Waals surface area contributed by atoms with E-state index in [0.29, 0.717) is 41.9 Å². The molecule has 1 saturated heterocycles. The van der Waals surface area contributed by atoms with Gasteiger partial charge < -0.3 is 10.6 Å². The van der Waals surface area contributed by atoms with Crippen molar-refractivity contribution >= 4 is 55.9 Å². The van der Waals surface area contributed by atoms with Crippen LogP contribution in [-0.4, -0.2) is 45.8 Å². The third-order valence-corrected chi connectivity index (χ3v) is 6.51. The van der Waals surface area contributed by atoms with E-state index in [1.165, 1.54) is 17.5 Å². The first-order valence-electron chi connectivity index (χ1n) is 9.82. The molecule has 0 aliphatic carbocycles. The van der Waals surface area contributed by atoms with Crippen LogP contribution in [0.15, 0.2) is 42.6 Å². The van der Waals surface area contributed by atoms with Crippen LogP contribution in [0.1, 0.15) is 19.8 Å². The van der Waals surface area contributed by atoms with E-state index in [4.69, 9.17) is 11.6 Å². The smallest absolute Gasteiger partial charge is 0.243 e. The van der Waals surface area contributed by atoms with Gasteiger partial charge in [0.15, 0.2) is 5.13 Å². The van der Waals surface area contributed by atoms with Crippen LogP contribution in [-0.2, 0) is 9.59 Å². The second kappa shape index (κ2) is 9.07. The fourth-order valence-corrected chi connectivity index (χ4v) is 4.51. The lowest BCUT2D eigenvalue weighted by atomic mass is 9.95. The van der Waals surface area contributed by atoms with E-state index in [1.807, 2.05) is 31.2 Å². The molecule has 2 aromatic heterocycles. The third-order valence-electron chi connectivity index (χ3n) is 5.33. The summed E-state index contributed by atoms with van der Waals surface area (Å²) in [5, 5.41) is 6.90. The highest BCUT2D eigenvalue weighted by Crippen LogP contribution is 2.26. The molecule has 0 bridgehead atoms. The number of halogens is 1. The molecule has 1 unspecified atom stereocenters. The van der Waals surface area contributed by atoms with E-state index in [2.05, 4.69) is 25.5 Å². The predicted octanol–water partition coefficient (Wildman–Crippen LogP) is 4.02. The number of piperidine rings is 1. The van der Waals surface area contributed by atoms with Crippen LogP contribution in [0.5, 0.6) is 0 Å². The number of benzene rings is 1. The van der Waals surface area contributed by atoms with E-state index in [0.717, 1.165) is 10.2 Å². The zero-order chi connectivity index (χ0) is 21.1. The Balaban J connectivity index is 1.28. The number of likely N-dealkylation sites (tertiary alicyclic amines) is 1. The number of aromatic nitrogens is 2. The maximum Gasteiger partial charge on any atom is 0.243 e. The lowest BCUT2D eigenvalue weighted by molar-refractivity contribution is -0.123. The maximum atomic E-state index is 12.7. The van der Waals surface area contributed by atoms with Gasteiger partial charge in [0.05, 0.1) is 21.3 Å². The van der Waals surface area contributed by atoms with Gasteiger partial charge in [-0.15, -0.1) is 0 Å². The SMILES string of the molecule is CC(C(=O)Nc1nc2ccccc2s1)N1CCC(C(=O)Nc2ccc(Cl)cn2)CC1. The number of pyridine rings is 1. The second-order valence-corrected chi connectivity index (χ2v) is 8.78. The fraction of sp³-hybridized carbons (Fsp3) is 0.333. The maximum absolute atomic E-state index is 12.7. The van der Waals surface area contributed by atoms with Crippen molar-refractivity contribution in [3.63, 3.8) is 0 Å². The molecule has 1 aliphatic heterocycles. The molecule has 3 heterocycles. The molecule has 1 atom stereocenters. The number of anilines is 2. The van der Waals surface area contributed by atoms with Crippen molar-refractivity contribution < 1.29 is 9.59 Å². The highest BCUT2D eigenvalue weighted by atomic mass is 35.5. The van der Waals surface area contributed by atoms with Crippen LogP contribution in [0.25, 0.3) is 10.2 Å². The summed E-state index contributed by atoms with van der Waals surface area (Å²) in [7, 11) is 0. The summed E-state index contributed by atoms with van der Waals surface area (Å²) in [5.41, 5.74) is 0.882. The number of para-hydroxylation sites is 1. The molecule has 3 aromatic rings. The molecule has 2 N–H and O–H groups in total. The zero-order valence-corrected chi connectivity index (χ0v) is 18.0. The topological polar surface area (TPSA) is 87.2 Å². The van der Waals surface area contributed by atoms with Gasteiger partial charge in [0, 0.05) is 12.1 Å². The molecular weight excluding hydrogens is 422 g/mol. The Labute approximate surface area is 183 Å². The molecule has 156 valence electrons. The summed E-state index contributed by atoms with van der Waals surface area (Å²) in [5.74, 6) is 0.270. The van der Waals surface area contributed by atoms with E-state index in [-0.39, 0.29) is 23.8 Å². The lowest BCUT2D eigenvalue weighted by Crippen LogP contribution is -2.47. The molecule has 30 heavy (non-hydrogen) atoms. The minimum atomic E-state index is -0.293. The molecule has 7 nitrogen and oxygen atoms in total. The number of nitrogens with one attached hydrogen (secondary N) is 2. The number of amides is 2. The van der Waals surface area contributed by atoms with E-state index in [9.17, 15) is 9.59 Å². The minimum Gasteiger partial charge on any atom is -0.310 e. The van der Waals surface area contributed by atoms with Crippen molar-refractivity contribution in [2.24, 2.45) is 5.92 Å². The molecule has 0 radical (unpaired) electrons. The van der Waals surface area contributed by atoms with E-state index < -0.39 is 0 Å². The summed E-state index contributed by atoms with van der Waals surface area (Å²) >= 11 is 7.29. The average Bonchev–Trinajstić information content (AvgIpc) is 3.17. The van der Waals surface area contributed by atoms with Gasteiger partial charge in [-0.2, -0.15) is 0 Å². The number of thiazole rings is 1. The zero-order valence-electron chi connectivity index (χ0n) is 16.5. The van der Waals surface area contributed by atoms with Gasteiger partial charge in [-0.3, -0.25) is 14.5 Å². The third kappa shape index (κ3) is 4.77. The van der Waals surface area contributed by atoms with E-state index in [1.54, 1.807) is 12.1 Å². The number of fused-ring (bicyclic) bond motifs is 1. The monoisotopic (exact) mass is 443 g/mol. The molecule has 9 heteroatoms. The molecule has 1 aromatic carbocycles. The fourth-order valence-electron chi connectivity index (χ4n) is 3.53. The number of rotatable bonds is 5. The quantitative estimate of drug-likeness (QED) is 0.621. The van der Waals surface area contributed by atoms with Gasteiger partial charge in [-0.1, -0.05) is 35.1 Å². The molecule has 4 rings (SSSR count). The van der Waals surface area contributed by atoms with Crippen LogP contribution in [0.2, 0.25) is 5.02 Å². The van der Waals surface area contributed by atoms with E-state index >= 15 is 0 Å². The number of hydrogen-bond acceptors (Lipinski definition) is 6. The number of carbonyl (C=O) groups excluding carboxylic acids is 2. The van der Waals surface area contributed by atoms with Gasteiger partial charge in [0.1, 0.15) is 5.82 Å². The Hall–Kier alpha value is -2.55. The molecule has 2 amide bonds. The number of carbonyl (C=O) groups is 2. The van der Waals surface area contributed by atoms with Gasteiger partial charge in [-0.05, 0) is 57.1 Å². The van der Waals surface area contributed by atoms with Crippen molar-refractivity contribution in [1.82, 2.24) is 14.9 Å². The van der Waals surface area contributed by atoms with Gasteiger partial charge >= 0.3 is 0 Å². The first-order chi connectivity index (χ1) is 14.5. The van der Waals surface area contributed by atoms with Crippen LogP contribution in [0, 0.1) is 5.92 Å².